The van der Waals surface area contributed by atoms with E-state index in [1.807, 2.05) is 0 Å². The summed E-state index contributed by atoms with van der Waals surface area (Å²) in [5.41, 5.74) is 0. The molecule has 1 heterocycles. The van der Waals surface area contributed by atoms with Gasteiger partial charge in [0.15, 0.2) is 5.16 Å². The largest absolute Gasteiger partial charge is 0.306 e. The van der Waals surface area contributed by atoms with E-state index in [0.29, 0.717) is 6.04 Å². The Kier molecular flexibility index (Phi) is 3.46. The fourth-order valence-corrected chi connectivity index (χ4v) is 4.79. The van der Waals surface area contributed by atoms with Gasteiger partial charge < -0.3 is 5.32 Å². The molecule has 0 saturated heterocycles. The van der Waals surface area contributed by atoms with Crippen LogP contribution in [-0.2, 0) is 0 Å². The van der Waals surface area contributed by atoms with Crippen LogP contribution in [0.1, 0.15) is 27.7 Å². The quantitative estimate of drug-likeness (QED) is 0.644. The van der Waals surface area contributed by atoms with Crippen LogP contribution in [0.4, 0.5) is 0 Å². The number of rotatable bonds is 4. The fraction of sp³-hybridized carbons (Fsp3) is 0.857. The topological polar surface area (TPSA) is 28.6 Å². The van der Waals surface area contributed by atoms with Crippen molar-refractivity contribution in [2.24, 2.45) is 0 Å². The van der Waals surface area contributed by atoms with E-state index < -0.39 is 0 Å². The van der Waals surface area contributed by atoms with Crippen LogP contribution < -0.4 is 10.4 Å². The maximum Gasteiger partial charge on any atom is 0.178 e. The minimum Gasteiger partial charge on any atom is -0.306 e. The zero-order valence-electron chi connectivity index (χ0n) is 7.63. The lowest BCUT2D eigenvalue weighted by Crippen LogP contribution is -2.89. The zero-order chi connectivity index (χ0) is 8.43. The van der Waals surface area contributed by atoms with Gasteiger partial charge in [0, 0.05) is 13.9 Å². The van der Waals surface area contributed by atoms with Gasteiger partial charge in [0.1, 0.15) is 7.76 Å². The Morgan fingerprint density at radius 3 is 2.45 bits per heavy atom. The van der Waals surface area contributed by atoms with Gasteiger partial charge in [-0.1, -0.05) is 0 Å². The summed E-state index contributed by atoms with van der Waals surface area (Å²) >= 11 is 0. The molecule has 0 amide bonds. The molecule has 0 aromatic heterocycles. The molecule has 0 saturated carbocycles. The van der Waals surface area contributed by atoms with E-state index in [2.05, 4.69) is 38.1 Å². The van der Waals surface area contributed by atoms with Gasteiger partial charge in [0.2, 0.25) is 0 Å². The van der Waals surface area contributed by atoms with Gasteiger partial charge in [-0.2, -0.15) is 0 Å². The van der Waals surface area contributed by atoms with Gasteiger partial charge in [-0.3, -0.25) is 5.09 Å². The van der Waals surface area contributed by atoms with Crippen LogP contribution in [-0.4, -0.2) is 17.2 Å². The molecule has 0 aromatic carbocycles. The Morgan fingerprint density at radius 1 is 1.36 bits per heavy atom. The first-order valence-electron chi connectivity index (χ1n) is 4.09. The lowest BCUT2D eigenvalue weighted by molar-refractivity contribution is -0.564. The zero-order valence-corrected chi connectivity index (χ0v) is 9.42. The predicted molar refractivity (Wildman–Crippen MR) is 54.2 cm³/mol. The number of nitrogens with one attached hydrogen (secondary N) is 1. The van der Waals surface area contributed by atoms with Crippen LogP contribution in [0.2, 0.25) is 0 Å². The molecule has 3 N–H and O–H groups in total. The van der Waals surface area contributed by atoms with E-state index in [0.717, 1.165) is 6.04 Å². The van der Waals surface area contributed by atoms with Gasteiger partial charge in [-0.25, -0.2) is 0 Å². The molecule has 0 aromatic rings. The van der Waals surface area contributed by atoms with Crippen LogP contribution in [0.25, 0.3) is 0 Å². The van der Waals surface area contributed by atoms with Crippen LogP contribution in [0.15, 0.2) is 0 Å². The molecule has 0 spiro atoms. The van der Waals surface area contributed by atoms with Crippen molar-refractivity contribution in [1.82, 2.24) is 5.09 Å². The first kappa shape index (κ1) is 9.61. The molecule has 1 aliphatic rings. The second kappa shape index (κ2) is 3.96. The SMILES string of the molecule is CC(C)NP1P=C1[NH2+]C(C)C. The molecular weight excluding hydrogens is 174 g/mol. The Hall–Kier alpha value is 0.520. The van der Waals surface area contributed by atoms with Crippen molar-refractivity contribution in [3.63, 3.8) is 0 Å². The van der Waals surface area contributed by atoms with Gasteiger partial charge in [0.05, 0.1) is 6.04 Å². The maximum absolute atomic E-state index is 3.56. The average molecular weight is 191 g/mol. The molecule has 64 valence electrons. The smallest absolute Gasteiger partial charge is 0.178 e. The minimum absolute atomic E-state index is 0.0975. The molecule has 1 aliphatic heterocycles. The third kappa shape index (κ3) is 3.62. The third-order valence-corrected chi connectivity index (χ3v) is 5.30. The average Bonchev–Trinajstić information content (AvgIpc) is 2.43. The number of hydrogen-bond donors (Lipinski definition) is 2. The summed E-state index contributed by atoms with van der Waals surface area (Å²) in [5, 5.41) is 7.59. The molecule has 0 aliphatic carbocycles. The highest BCUT2D eigenvalue weighted by Crippen LogP contribution is 2.62. The fourth-order valence-electron chi connectivity index (χ4n) is 0.822. The summed E-state index contributed by atoms with van der Waals surface area (Å²) in [7, 11) is 1.66. The van der Waals surface area contributed by atoms with Crippen molar-refractivity contribution in [2.45, 2.75) is 39.8 Å². The Labute approximate surface area is 71.6 Å². The standard InChI is InChI=1S/C7H16N2P2/c1-5(2)8-7-10-11(7)9-6(3)4/h5-6,8-9H,1-4H3/p+1. The van der Waals surface area contributed by atoms with Gasteiger partial charge in [-0.05, 0) is 27.7 Å². The molecule has 1 rings (SSSR count). The van der Waals surface area contributed by atoms with E-state index in [-0.39, 0.29) is 7.76 Å². The monoisotopic (exact) mass is 191 g/mol. The van der Waals surface area contributed by atoms with E-state index in [4.69, 9.17) is 0 Å². The number of quaternary nitrogens is 1. The van der Waals surface area contributed by atoms with Crippen molar-refractivity contribution >= 4 is 20.8 Å². The summed E-state index contributed by atoms with van der Waals surface area (Å²) in [4.78, 5) is 0. The van der Waals surface area contributed by atoms with Crippen LogP contribution >= 0.6 is 15.7 Å². The molecule has 0 fully saturated rings. The highest BCUT2D eigenvalue weighted by molar-refractivity contribution is 8.45. The van der Waals surface area contributed by atoms with Crippen LogP contribution in [0.5, 0.6) is 0 Å². The number of nitrogens with two attached hydrogens (primary N) is 1. The molecule has 1 atom stereocenters. The highest BCUT2D eigenvalue weighted by Gasteiger charge is 2.32. The molecular formula is C7H17N2P2+. The number of hydrogen-bond acceptors (Lipinski definition) is 1. The first-order chi connectivity index (χ1) is 5.09. The maximum atomic E-state index is 3.56. The van der Waals surface area contributed by atoms with E-state index in [9.17, 15) is 0 Å². The van der Waals surface area contributed by atoms with Crippen molar-refractivity contribution in [3.8, 4) is 0 Å². The van der Waals surface area contributed by atoms with E-state index >= 15 is 0 Å². The summed E-state index contributed by atoms with van der Waals surface area (Å²) in [5.74, 6) is 0. The third-order valence-electron chi connectivity index (χ3n) is 1.24. The van der Waals surface area contributed by atoms with Crippen molar-refractivity contribution in [1.29, 1.82) is 0 Å². The molecule has 11 heavy (non-hydrogen) atoms. The summed E-state index contributed by atoms with van der Waals surface area (Å²) in [6.45, 7) is 8.90. The van der Waals surface area contributed by atoms with Crippen molar-refractivity contribution in [2.75, 3.05) is 0 Å². The van der Waals surface area contributed by atoms with Gasteiger partial charge in [0.25, 0.3) is 0 Å². The highest BCUT2D eigenvalue weighted by atomic mass is 32.1. The molecule has 0 bridgehead atoms. The molecule has 1 unspecified atom stereocenters. The summed E-state index contributed by atoms with van der Waals surface area (Å²) in [6.07, 6.45) is 0. The molecule has 4 heteroatoms. The lowest BCUT2D eigenvalue weighted by atomic mass is 10.4. The molecule has 2 nitrogen and oxygen atoms in total. The minimum atomic E-state index is 0.0975. The van der Waals surface area contributed by atoms with Crippen LogP contribution in [0, 0.1) is 0 Å². The second-order valence-corrected chi connectivity index (χ2v) is 7.66. The normalized spacial score (nSPS) is 24.2. The molecule has 0 radical (unpaired) electrons. The summed E-state index contributed by atoms with van der Waals surface area (Å²) < 4.78 is 0. The lowest BCUT2D eigenvalue weighted by Gasteiger charge is -2.05. The first-order valence-corrected chi connectivity index (χ1v) is 7.03. The van der Waals surface area contributed by atoms with Crippen molar-refractivity contribution in [3.05, 3.63) is 0 Å². The van der Waals surface area contributed by atoms with E-state index in [1.54, 1.807) is 13.1 Å². The van der Waals surface area contributed by atoms with Crippen LogP contribution in [0.3, 0.4) is 0 Å². The Bertz CT molecular complexity index is 166. The Morgan fingerprint density at radius 2 is 2.00 bits per heavy atom. The van der Waals surface area contributed by atoms with Gasteiger partial charge >= 0.3 is 0 Å². The second-order valence-electron chi connectivity index (χ2n) is 3.46. The van der Waals surface area contributed by atoms with Crippen molar-refractivity contribution < 1.29 is 5.32 Å². The summed E-state index contributed by atoms with van der Waals surface area (Å²) in [6, 6.07) is 1.37. The Balaban J connectivity index is 2.10. The van der Waals surface area contributed by atoms with Gasteiger partial charge in [-0.15, -0.1) is 0 Å². The predicted octanol–water partition coefficient (Wildman–Crippen LogP) is 1.32. The van der Waals surface area contributed by atoms with E-state index in [1.165, 1.54) is 0 Å².